The summed E-state index contributed by atoms with van der Waals surface area (Å²) >= 11 is 0. The Labute approximate surface area is 239 Å². The molecule has 0 spiro atoms. The van der Waals surface area contributed by atoms with Crippen LogP contribution in [0.1, 0.15) is 0 Å². The van der Waals surface area contributed by atoms with Crippen LogP contribution in [0.15, 0.2) is 95.9 Å². The monoisotopic (exact) mass is 578 g/mol. The predicted octanol–water partition coefficient (Wildman–Crippen LogP) is 5.35. The molecule has 0 fully saturated rings. The Balaban J connectivity index is 1.65. The van der Waals surface area contributed by atoms with Crippen LogP contribution in [0.3, 0.4) is 0 Å². The van der Waals surface area contributed by atoms with Crippen LogP contribution in [0.4, 0.5) is 11.4 Å². The van der Waals surface area contributed by atoms with E-state index in [1.807, 2.05) is 30.3 Å². The fourth-order valence-electron chi connectivity index (χ4n) is 3.96. The highest BCUT2D eigenvalue weighted by Crippen LogP contribution is 2.37. The van der Waals surface area contributed by atoms with Crippen molar-refractivity contribution in [2.75, 3.05) is 44.6 Å². The van der Waals surface area contributed by atoms with Gasteiger partial charge in [0.25, 0.3) is 10.0 Å². The van der Waals surface area contributed by atoms with E-state index in [2.05, 4.69) is 5.32 Å². The lowest BCUT2D eigenvalue weighted by Gasteiger charge is -2.26. The number of carbonyl (C=O) groups is 1. The van der Waals surface area contributed by atoms with Gasteiger partial charge in [0.2, 0.25) is 5.91 Å². The largest absolute Gasteiger partial charge is 0.497 e. The number of amides is 1. The van der Waals surface area contributed by atoms with Gasteiger partial charge in [-0.1, -0.05) is 18.2 Å². The molecule has 0 bridgehead atoms. The van der Waals surface area contributed by atoms with Crippen molar-refractivity contribution in [2.45, 2.75) is 4.90 Å². The molecule has 1 N–H and O–H groups in total. The maximum absolute atomic E-state index is 14.0. The molecule has 41 heavy (non-hydrogen) atoms. The molecule has 4 aromatic rings. The van der Waals surface area contributed by atoms with Crippen molar-refractivity contribution >= 4 is 27.3 Å². The van der Waals surface area contributed by atoms with Crippen LogP contribution < -0.4 is 33.3 Å². The number of sulfonamides is 1. The molecule has 1 amide bonds. The molecule has 0 aromatic heterocycles. The highest BCUT2D eigenvalue weighted by molar-refractivity contribution is 7.92. The van der Waals surface area contributed by atoms with Gasteiger partial charge in [-0.2, -0.15) is 0 Å². The van der Waals surface area contributed by atoms with Gasteiger partial charge < -0.3 is 29.0 Å². The number of anilines is 2. The van der Waals surface area contributed by atoms with E-state index >= 15 is 0 Å². The van der Waals surface area contributed by atoms with E-state index in [9.17, 15) is 13.2 Å². The lowest BCUT2D eigenvalue weighted by atomic mass is 10.2. The van der Waals surface area contributed by atoms with Gasteiger partial charge in [-0.3, -0.25) is 9.10 Å². The van der Waals surface area contributed by atoms with Gasteiger partial charge in [-0.15, -0.1) is 0 Å². The Kier molecular flexibility index (Phi) is 9.20. The molecule has 0 saturated heterocycles. The van der Waals surface area contributed by atoms with Gasteiger partial charge in [-0.25, -0.2) is 8.42 Å². The number of methoxy groups -OCH3 is 4. The van der Waals surface area contributed by atoms with Crippen molar-refractivity contribution < 1.29 is 36.9 Å². The number of nitrogens with zero attached hydrogens (tertiary/aromatic N) is 1. The standard InChI is InChI=1S/C30H30N2O8S/c1-36-24-14-16-27(37-2)26(18-24)32(41(34,35)25-15-17-28(38-3)29(19-25)39-4)20-30(33)31-21-10-12-23(13-11-21)40-22-8-6-5-7-9-22/h5-19H,20H2,1-4H3,(H,31,33). The zero-order chi connectivity index (χ0) is 29.4. The average Bonchev–Trinajstić information content (AvgIpc) is 3.00. The van der Waals surface area contributed by atoms with Crippen LogP contribution in [0.25, 0.3) is 0 Å². The third kappa shape index (κ3) is 6.82. The van der Waals surface area contributed by atoms with Crippen molar-refractivity contribution in [1.29, 1.82) is 0 Å². The molecule has 0 aliphatic carbocycles. The van der Waals surface area contributed by atoms with Crippen LogP contribution in [-0.4, -0.2) is 49.3 Å². The second-order valence-electron chi connectivity index (χ2n) is 8.55. The van der Waals surface area contributed by atoms with E-state index in [1.54, 1.807) is 36.4 Å². The average molecular weight is 579 g/mol. The van der Waals surface area contributed by atoms with Crippen molar-refractivity contribution in [1.82, 2.24) is 0 Å². The third-order valence-corrected chi connectivity index (χ3v) is 7.76. The molecule has 0 saturated carbocycles. The van der Waals surface area contributed by atoms with Crippen LogP contribution in [0, 0.1) is 0 Å². The molecule has 0 atom stereocenters. The van der Waals surface area contributed by atoms with Crippen LogP contribution in [0.5, 0.6) is 34.5 Å². The minimum atomic E-state index is -4.32. The first-order valence-electron chi connectivity index (χ1n) is 12.4. The quantitative estimate of drug-likeness (QED) is 0.240. The molecule has 0 aliphatic rings. The summed E-state index contributed by atoms with van der Waals surface area (Å²) in [6.07, 6.45) is 0. The zero-order valence-corrected chi connectivity index (χ0v) is 23.8. The van der Waals surface area contributed by atoms with Crippen molar-refractivity contribution in [3.63, 3.8) is 0 Å². The van der Waals surface area contributed by atoms with Gasteiger partial charge in [0.05, 0.1) is 39.0 Å². The summed E-state index contributed by atoms with van der Waals surface area (Å²) in [6, 6.07) is 24.9. The maximum Gasteiger partial charge on any atom is 0.265 e. The topological polar surface area (TPSA) is 113 Å². The van der Waals surface area contributed by atoms with E-state index in [-0.39, 0.29) is 22.1 Å². The first-order chi connectivity index (χ1) is 19.8. The fraction of sp³-hybridized carbons (Fsp3) is 0.167. The number of ether oxygens (including phenoxy) is 5. The molecule has 11 heteroatoms. The second kappa shape index (κ2) is 13.0. The number of benzene rings is 4. The van der Waals surface area contributed by atoms with Crippen LogP contribution >= 0.6 is 0 Å². The summed E-state index contributed by atoms with van der Waals surface area (Å²) in [7, 11) is 1.40. The second-order valence-corrected chi connectivity index (χ2v) is 10.4. The summed E-state index contributed by atoms with van der Waals surface area (Å²) in [6.45, 7) is -0.567. The van der Waals surface area contributed by atoms with Crippen molar-refractivity contribution in [3.05, 3.63) is 91.0 Å². The first-order valence-corrected chi connectivity index (χ1v) is 13.8. The SMILES string of the molecule is COc1ccc(OC)c(N(CC(=O)Nc2ccc(Oc3ccccc3)cc2)S(=O)(=O)c2ccc(OC)c(OC)c2)c1. The number of hydrogen-bond donors (Lipinski definition) is 1. The number of rotatable bonds is 12. The Morgan fingerprint density at radius 3 is 1.93 bits per heavy atom. The van der Waals surface area contributed by atoms with E-state index in [0.717, 1.165) is 4.31 Å². The van der Waals surface area contributed by atoms with E-state index < -0.39 is 22.5 Å². The number of hydrogen-bond acceptors (Lipinski definition) is 8. The first kappa shape index (κ1) is 29.1. The fourth-order valence-corrected chi connectivity index (χ4v) is 5.40. The molecule has 0 radical (unpaired) electrons. The van der Waals surface area contributed by atoms with Gasteiger partial charge in [0.1, 0.15) is 29.5 Å². The van der Waals surface area contributed by atoms with Crippen LogP contribution in [-0.2, 0) is 14.8 Å². The molecule has 10 nitrogen and oxygen atoms in total. The van der Waals surface area contributed by atoms with Gasteiger partial charge in [-0.05, 0) is 60.7 Å². The molecule has 4 rings (SSSR count). The van der Waals surface area contributed by atoms with Gasteiger partial charge in [0.15, 0.2) is 11.5 Å². The Morgan fingerprint density at radius 1 is 0.683 bits per heavy atom. The van der Waals surface area contributed by atoms with Crippen molar-refractivity contribution in [2.24, 2.45) is 0 Å². The number of para-hydroxylation sites is 1. The van der Waals surface area contributed by atoms with E-state index in [1.165, 1.54) is 52.7 Å². The minimum Gasteiger partial charge on any atom is -0.497 e. The molecule has 0 aliphatic heterocycles. The van der Waals surface area contributed by atoms with Gasteiger partial charge >= 0.3 is 0 Å². The predicted molar refractivity (Wildman–Crippen MR) is 155 cm³/mol. The summed E-state index contributed by atoms with van der Waals surface area (Å²) in [5, 5.41) is 2.75. The molecule has 214 valence electrons. The normalized spacial score (nSPS) is 10.8. The van der Waals surface area contributed by atoms with E-state index in [0.29, 0.717) is 28.7 Å². The van der Waals surface area contributed by atoms with Gasteiger partial charge in [0, 0.05) is 17.8 Å². The lowest BCUT2D eigenvalue weighted by molar-refractivity contribution is -0.114. The third-order valence-electron chi connectivity index (χ3n) is 6.00. The van der Waals surface area contributed by atoms with Crippen LogP contribution in [0.2, 0.25) is 0 Å². The zero-order valence-electron chi connectivity index (χ0n) is 23.0. The highest BCUT2D eigenvalue weighted by atomic mass is 32.2. The molecular weight excluding hydrogens is 548 g/mol. The highest BCUT2D eigenvalue weighted by Gasteiger charge is 2.31. The summed E-state index contributed by atoms with van der Waals surface area (Å²) in [5.41, 5.74) is 0.569. The Bertz CT molecular complexity index is 1590. The van der Waals surface area contributed by atoms with Crippen molar-refractivity contribution in [3.8, 4) is 34.5 Å². The lowest BCUT2D eigenvalue weighted by Crippen LogP contribution is -2.38. The number of carbonyl (C=O) groups excluding carboxylic acids is 1. The molecular formula is C30H30N2O8S. The summed E-state index contributed by atoms with van der Waals surface area (Å²) < 4.78 is 56.1. The summed E-state index contributed by atoms with van der Waals surface area (Å²) in [4.78, 5) is 13.1. The minimum absolute atomic E-state index is 0.114. The summed E-state index contributed by atoms with van der Waals surface area (Å²) in [5.74, 6) is 1.84. The number of nitrogens with one attached hydrogen (secondary N) is 1. The van der Waals surface area contributed by atoms with E-state index in [4.69, 9.17) is 23.7 Å². The maximum atomic E-state index is 14.0. The molecule has 4 aromatic carbocycles. The smallest absolute Gasteiger partial charge is 0.265 e. The Morgan fingerprint density at radius 2 is 1.29 bits per heavy atom. The molecule has 0 heterocycles. The Hall–Kier alpha value is -4.90. The molecule has 0 unspecified atom stereocenters.